The molecule has 3 N–H and O–H groups in total. The average Bonchev–Trinajstić information content (AvgIpc) is 3.14. The van der Waals surface area contributed by atoms with E-state index in [4.69, 9.17) is 12.2 Å². The van der Waals surface area contributed by atoms with Crippen LogP contribution in [0.25, 0.3) is 5.69 Å². The monoisotopic (exact) mass is 350 g/mol. The zero-order valence-corrected chi connectivity index (χ0v) is 14.5. The molecule has 6 heteroatoms. The third-order valence-corrected chi connectivity index (χ3v) is 3.80. The third-order valence-electron chi connectivity index (χ3n) is 3.60. The Kier molecular flexibility index (Phi) is 5.11. The van der Waals surface area contributed by atoms with Gasteiger partial charge in [0, 0.05) is 18.1 Å². The van der Waals surface area contributed by atoms with Crippen molar-refractivity contribution in [1.29, 1.82) is 0 Å². The van der Waals surface area contributed by atoms with Gasteiger partial charge in [0.1, 0.15) is 0 Å². The molecule has 1 aromatic heterocycles. The second-order valence-electron chi connectivity index (χ2n) is 5.51. The van der Waals surface area contributed by atoms with Crippen LogP contribution in [0, 0.1) is 6.92 Å². The molecule has 0 aliphatic heterocycles. The number of carbonyl (C=O) groups excluding carboxylic acids is 1. The van der Waals surface area contributed by atoms with E-state index in [-0.39, 0.29) is 5.91 Å². The van der Waals surface area contributed by atoms with Crippen LogP contribution >= 0.6 is 12.2 Å². The summed E-state index contributed by atoms with van der Waals surface area (Å²) >= 11 is 5.22. The molecule has 0 aliphatic rings. The summed E-state index contributed by atoms with van der Waals surface area (Å²) in [5.74, 6) is -0.266. The van der Waals surface area contributed by atoms with Gasteiger partial charge in [-0.15, -0.1) is 0 Å². The van der Waals surface area contributed by atoms with Crippen molar-refractivity contribution in [3.63, 3.8) is 0 Å². The number of amides is 1. The molecule has 1 heterocycles. The maximum atomic E-state index is 12.5. The molecule has 0 unspecified atom stereocenters. The second-order valence-corrected chi connectivity index (χ2v) is 5.92. The molecule has 0 aliphatic carbocycles. The number of nitrogens with zero attached hydrogens (tertiary/aromatic N) is 1. The summed E-state index contributed by atoms with van der Waals surface area (Å²) in [6, 6.07) is 19.0. The van der Waals surface area contributed by atoms with Crippen molar-refractivity contribution in [2.75, 3.05) is 5.32 Å². The first-order valence-electron chi connectivity index (χ1n) is 7.80. The highest BCUT2D eigenvalue weighted by molar-refractivity contribution is 7.80. The molecule has 0 saturated carbocycles. The lowest BCUT2D eigenvalue weighted by Crippen LogP contribution is -2.44. The van der Waals surface area contributed by atoms with Crippen molar-refractivity contribution >= 4 is 28.9 Å². The van der Waals surface area contributed by atoms with Gasteiger partial charge in [-0.2, -0.15) is 0 Å². The highest BCUT2D eigenvalue weighted by atomic mass is 32.1. The Bertz CT molecular complexity index is 890. The van der Waals surface area contributed by atoms with Crippen molar-refractivity contribution < 1.29 is 4.79 Å². The zero-order chi connectivity index (χ0) is 17.6. The summed E-state index contributed by atoms with van der Waals surface area (Å²) < 4.78 is 1.89. The summed E-state index contributed by atoms with van der Waals surface area (Å²) in [7, 11) is 0. The molecule has 25 heavy (non-hydrogen) atoms. The molecule has 1 amide bonds. The fourth-order valence-electron chi connectivity index (χ4n) is 2.45. The van der Waals surface area contributed by atoms with Gasteiger partial charge < -0.3 is 9.88 Å². The van der Waals surface area contributed by atoms with E-state index in [9.17, 15) is 4.79 Å². The van der Waals surface area contributed by atoms with Crippen LogP contribution in [0.15, 0.2) is 73.1 Å². The van der Waals surface area contributed by atoms with Gasteiger partial charge in [-0.05, 0) is 61.1 Å². The average molecular weight is 350 g/mol. The number of anilines is 1. The number of thiocarbonyl (C=S) groups is 1. The van der Waals surface area contributed by atoms with E-state index in [2.05, 4.69) is 16.2 Å². The minimum Gasteiger partial charge on any atom is -0.331 e. The molecule has 0 bridgehead atoms. The first-order chi connectivity index (χ1) is 12.1. The van der Waals surface area contributed by atoms with Crippen molar-refractivity contribution in [1.82, 2.24) is 15.4 Å². The molecule has 3 rings (SSSR count). The molecule has 2 aromatic carbocycles. The van der Waals surface area contributed by atoms with Gasteiger partial charge >= 0.3 is 0 Å². The molecule has 0 fully saturated rings. The van der Waals surface area contributed by atoms with E-state index in [1.807, 2.05) is 78.5 Å². The number of hydrazine groups is 1. The number of aryl methyl sites for hydroxylation is 1. The first-order valence-corrected chi connectivity index (χ1v) is 8.21. The Labute approximate surface area is 151 Å². The molecular weight excluding hydrogens is 332 g/mol. The van der Waals surface area contributed by atoms with Crippen molar-refractivity contribution in [3.05, 3.63) is 84.2 Å². The smallest absolute Gasteiger partial charge is 0.271 e. The first kappa shape index (κ1) is 16.7. The predicted molar refractivity (Wildman–Crippen MR) is 104 cm³/mol. The zero-order valence-electron chi connectivity index (χ0n) is 13.7. The van der Waals surface area contributed by atoms with Crippen LogP contribution in [0.1, 0.15) is 15.9 Å². The highest BCUT2D eigenvalue weighted by Gasteiger charge is 2.12. The number of nitrogens with one attached hydrogen (secondary N) is 3. The minimum absolute atomic E-state index is 0.266. The van der Waals surface area contributed by atoms with Gasteiger partial charge in [-0.25, -0.2) is 0 Å². The lowest BCUT2D eigenvalue weighted by molar-refractivity contribution is 0.0944. The normalized spacial score (nSPS) is 10.1. The van der Waals surface area contributed by atoms with Crippen LogP contribution in [0.3, 0.4) is 0 Å². The van der Waals surface area contributed by atoms with E-state index in [1.54, 1.807) is 6.07 Å². The Morgan fingerprint density at radius 1 is 0.960 bits per heavy atom. The quantitative estimate of drug-likeness (QED) is 0.500. The fraction of sp³-hybridized carbons (Fsp3) is 0.0526. The maximum absolute atomic E-state index is 12.5. The molecule has 0 radical (unpaired) electrons. The van der Waals surface area contributed by atoms with Crippen molar-refractivity contribution in [2.24, 2.45) is 0 Å². The minimum atomic E-state index is -0.266. The van der Waals surface area contributed by atoms with E-state index < -0.39 is 0 Å². The van der Waals surface area contributed by atoms with E-state index in [0.29, 0.717) is 10.7 Å². The largest absolute Gasteiger partial charge is 0.331 e. The molecule has 0 spiro atoms. The number of hydrogen-bond donors (Lipinski definition) is 3. The van der Waals surface area contributed by atoms with Crippen LogP contribution in [-0.4, -0.2) is 15.6 Å². The van der Waals surface area contributed by atoms with Gasteiger partial charge in [-0.1, -0.05) is 24.3 Å². The van der Waals surface area contributed by atoms with E-state index >= 15 is 0 Å². The summed E-state index contributed by atoms with van der Waals surface area (Å²) in [5.41, 5.74) is 8.69. The van der Waals surface area contributed by atoms with E-state index in [0.717, 1.165) is 16.9 Å². The number of aromatic nitrogens is 1. The van der Waals surface area contributed by atoms with Gasteiger partial charge in [-0.3, -0.25) is 15.6 Å². The second kappa shape index (κ2) is 7.63. The van der Waals surface area contributed by atoms with Crippen LogP contribution in [0.4, 0.5) is 5.69 Å². The Morgan fingerprint density at radius 3 is 2.48 bits per heavy atom. The Morgan fingerprint density at radius 2 is 1.72 bits per heavy atom. The maximum Gasteiger partial charge on any atom is 0.271 e. The Balaban J connectivity index is 1.64. The number of hydrogen-bond acceptors (Lipinski definition) is 2. The summed E-state index contributed by atoms with van der Waals surface area (Å²) in [5, 5.41) is 3.35. The van der Waals surface area contributed by atoms with Gasteiger partial charge in [0.15, 0.2) is 5.11 Å². The molecule has 126 valence electrons. The standard InChI is InChI=1S/C19H18N4OS/c1-14-7-6-8-15(13-14)20-19(25)22-21-18(24)16-9-2-3-10-17(16)23-11-4-5-12-23/h2-13H,1H3,(H,21,24)(H2,20,22,25). The molecular formula is C19H18N4OS. The predicted octanol–water partition coefficient (Wildman–Crippen LogP) is 3.42. The molecule has 0 atom stereocenters. The third kappa shape index (κ3) is 4.24. The lowest BCUT2D eigenvalue weighted by Gasteiger charge is -2.14. The molecule has 0 saturated heterocycles. The highest BCUT2D eigenvalue weighted by Crippen LogP contribution is 2.14. The SMILES string of the molecule is Cc1cccc(NC(=S)NNC(=O)c2ccccc2-n2cccc2)c1. The number of benzene rings is 2. The molecule has 5 nitrogen and oxygen atoms in total. The van der Waals surface area contributed by atoms with Crippen LogP contribution in [-0.2, 0) is 0 Å². The van der Waals surface area contributed by atoms with E-state index in [1.165, 1.54) is 0 Å². The van der Waals surface area contributed by atoms with Crippen LogP contribution in [0.2, 0.25) is 0 Å². The van der Waals surface area contributed by atoms with Crippen molar-refractivity contribution in [3.8, 4) is 5.69 Å². The number of carbonyl (C=O) groups is 1. The van der Waals surface area contributed by atoms with Crippen LogP contribution in [0.5, 0.6) is 0 Å². The number of rotatable bonds is 3. The fourth-order valence-corrected chi connectivity index (χ4v) is 2.62. The molecule has 3 aromatic rings. The Hall–Kier alpha value is -3.12. The van der Waals surface area contributed by atoms with Gasteiger partial charge in [0.2, 0.25) is 0 Å². The van der Waals surface area contributed by atoms with Gasteiger partial charge in [0.05, 0.1) is 11.3 Å². The summed E-state index contributed by atoms with van der Waals surface area (Å²) in [6.45, 7) is 2.00. The topological polar surface area (TPSA) is 58.1 Å². The summed E-state index contributed by atoms with van der Waals surface area (Å²) in [6.07, 6.45) is 3.78. The van der Waals surface area contributed by atoms with Gasteiger partial charge in [0.25, 0.3) is 5.91 Å². The van der Waals surface area contributed by atoms with Crippen LogP contribution < -0.4 is 16.2 Å². The van der Waals surface area contributed by atoms with Crippen molar-refractivity contribution in [2.45, 2.75) is 6.92 Å². The lowest BCUT2D eigenvalue weighted by atomic mass is 10.1. The number of para-hydroxylation sites is 1. The summed E-state index contributed by atoms with van der Waals surface area (Å²) in [4.78, 5) is 12.5.